The number of hydrogen-bond acceptors (Lipinski definition) is 6. The van der Waals surface area contributed by atoms with Crippen molar-refractivity contribution < 1.29 is 19.1 Å². The van der Waals surface area contributed by atoms with E-state index in [0.717, 1.165) is 5.39 Å². The molecular formula is C21H16N2O5. The average molecular weight is 376 g/mol. The standard InChI is InChI=1S/C21H16N2O5/c1-26-20-11-15-16(12-21(20)27-2)22-10-9-19(15)28-18-8-7-17(23(24)25)13-5-3-4-6-14(13)18/h3-12H,1-2H3. The molecular weight excluding hydrogens is 360 g/mol. The lowest BCUT2D eigenvalue weighted by Gasteiger charge is -2.13. The van der Waals surface area contributed by atoms with E-state index in [1.165, 1.54) is 6.07 Å². The summed E-state index contributed by atoms with van der Waals surface area (Å²) in [5.41, 5.74) is 0.718. The number of benzene rings is 3. The molecule has 0 spiro atoms. The molecule has 7 nitrogen and oxygen atoms in total. The molecule has 0 aliphatic heterocycles. The van der Waals surface area contributed by atoms with Crippen LogP contribution in [0.5, 0.6) is 23.0 Å². The van der Waals surface area contributed by atoms with Crippen LogP contribution in [0.3, 0.4) is 0 Å². The van der Waals surface area contributed by atoms with E-state index in [1.807, 2.05) is 6.07 Å². The number of ether oxygens (including phenoxy) is 3. The maximum absolute atomic E-state index is 11.3. The zero-order valence-corrected chi connectivity index (χ0v) is 15.2. The van der Waals surface area contributed by atoms with Gasteiger partial charge in [-0.1, -0.05) is 18.2 Å². The summed E-state index contributed by atoms with van der Waals surface area (Å²) >= 11 is 0. The van der Waals surface area contributed by atoms with Crippen LogP contribution in [0.25, 0.3) is 21.7 Å². The highest BCUT2D eigenvalue weighted by molar-refractivity contribution is 5.96. The summed E-state index contributed by atoms with van der Waals surface area (Å²) in [5.74, 6) is 2.20. The molecule has 0 unspecified atom stereocenters. The van der Waals surface area contributed by atoms with Gasteiger partial charge in [0.1, 0.15) is 11.5 Å². The molecule has 140 valence electrons. The third-order valence-electron chi connectivity index (χ3n) is 4.48. The van der Waals surface area contributed by atoms with E-state index < -0.39 is 4.92 Å². The van der Waals surface area contributed by atoms with E-state index in [-0.39, 0.29) is 5.69 Å². The van der Waals surface area contributed by atoms with Crippen LogP contribution in [0, 0.1) is 10.1 Å². The van der Waals surface area contributed by atoms with Gasteiger partial charge in [0.25, 0.3) is 5.69 Å². The maximum atomic E-state index is 11.3. The van der Waals surface area contributed by atoms with Crippen LogP contribution >= 0.6 is 0 Å². The number of pyridine rings is 1. The first-order chi connectivity index (χ1) is 13.6. The van der Waals surface area contributed by atoms with Gasteiger partial charge in [0.2, 0.25) is 0 Å². The Labute approximate surface area is 160 Å². The molecule has 4 aromatic rings. The van der Waals surface area contributed by atoms with Crippen molar-refractivity contribution in [2.75, 3.05) is 14.2 Å². The lowest BCUT2D eigenvalue weighted by molar-refractivity contribution is -0.383. The summed E-state index contributed by atoms with van der Waals surface area (Å²) < 4.78 is 16.9. The number of nitro benzene ring substituents is 1. The predicted molar refractivity (Wildman–Crippen MR) is 106 cm³/mol. The van der Waals surface area contributed by atoms with Crippen molar-refractivity contribution in [3.8, 4) is 23.0 Å². The Morgan fingerprint density at radius 2 is 1.50 bits per heavy atom. The van der Waals surface area contributed by atoms with Crippen molar-refractivity contribution in [3.63, 3.8) is 0 Å². The maximum Gasteiger partial charge on any atom is 0.277 e. The Morgan fingerprint density at radius 3 is 2.21 bits per heavy atom. The van der Waals surface area contributed by atoms with E-state index in [1.54, 1.807) is 62.9 Å². The Bertz CT molecular complexity index is 1210. The van der Waals surface area contributed by atoms with Crippen molar-refractivity contribution in [2.24, 2.45) is 0 Å². The quantitative estimate of drug-likeness (QED) is 0.356. The fourth-order valence-electron chi connectivity index (χ4n) is 3.16. The van der Waals surface area contributed by atoms with Gasteiger partial charge in [-0.05, 0) is 24.3 Å². The minimum absolute atomic E-state index is 0.0361. The van der Waals surface area contributed by atoms with Crippen molar-refractivity contribution in [3.05, 3.63) is 70.9 Å². The molecule has 0 aliphatic rings. The van der Waals surface area contributed by atoms with Crippen molar-refractivity contribution in [1.29, 1.82) is 0 Å². The number of non-ortho nitro benzene ring substituents is 1. The van der Waals surface area contributed by atoms with Gasteiger partial charge in [-0.3, -0.25) is 15.1 Å². The number of hydrogen-bond donors (Lipinski definition) is 0. The zero-order valence-electron chi connectivity index (χ0n) is 15.2. The van der Waals surface area contributed by atoms with Gasteiger partial charge in [0, 0.05) is 29.1 Å². The molecule has 0 fully saturated rings. The van der Waals surface area contributed by atoms with Crippen molar-refractivity contribution in [2.45, 2.75) is 0 Å². The number of nitrogens with zero attached hydrogens (tertiary/aromatic N) is 2. The Morgan fingerprint density at radius 1 is 0.821 bits per heavy atom. The van der Waals surface area contributed by atoms with Gasteiger partial charge >= 0.3 is 0 Å². The molecule has 0 amide bonds. The van der Waals surface area contributed by atoms with E-state index in [9.17, 15) is 10.1 Å². The van der Waals surface area contributed by atoms with Gasteiger partial charge in [0.15, 0.2) is 11.5 Å². The largest absolute Gasteiger partial charge is 0.493 e. The Hall–Kier alpha value is -3.87. The zero-order chi connectivity index (χ0) is 19.7. The van der Waals surface area contributed by atoms with Gasteiger partial charge in [-0.2, -0.15) is 0 Å². The Balaban J connectivity index is 1.87. The molecule has 0 N–H and O–H groups in total. The summed E-state index contributed by atoms with van der Waals surface area (Å²) in [6, 6.07) is 15.4. The molecule has 7 heteroatoms. The topological polar surface area (TPSA) is 83.7 Å². The van der Waals surface area contributed by atoms with Crippen LogP contribution in [-0.2, 0) is 0 Å². The van der Waals surface area contributed by atoms with E-state index in [2.05, 4.69) is 4.98 Å². The van der Waals surface area contributed by atoms with E-state index in [0.29, 0.717) is 39.3 Å². The monoisotopic (exact) mass is 376 g/mol. The molecule has 0 bridgehead atoms. The Kier molecular flexibility index (Phi) is 4.41. The highest BCUT2D eigenvalue weighted by Gasteiger charge is 2.16. The second kappa shape index (κ2) is 7.03. The SMILES string of the molecule is COc1cc2nccc(Oc3ccc([N+](=O)[O-])c4ccccc34)c2cc1OC. The van der Waals surface area contributed by atoms with Crippen LogP contribution in [0.1, 0.15) is 0 Å². The summed E-state index contributed by atoms with van der Waals surface area (Å²) in [6.45, 7) is 0. The minimum atomic E-state index is -0.398. The summed E-state index contributed by atoms with van der Waals surface area (Å²) in [4.78, 5) is 15.3. The number of methoxy groups -OCH3 is 2. The number of nitro groups is 1. The molecule has 28 heavy (non-hydrogen) atoms. The fraction of sp³-hybridized carbons (Fsp3) is 0.0952. The van der Waals surface area contributed by atoms with Crippen LogP contribution in [-0.4, -0.2) is 24.1 Å². The van der Waals surface area contributed by atoms with Crippen LogP contribution in [0.15, 0.2) is 60.8 Å². The second-order valence-corrected chi connectivity index (χ2v) is 6.02. The smallest absolute Gasteiger partial charge is 0.277 e. The van der Waals surface area contributed by atoms with Crippen molar-refractivity contribution in [1.82, 2.24) is 4.98 Å². The molecule has 1 heterocycles. The van der Waals surface area contributed by atoms with Crippen LogP contribution < -0.4 is 14.2 Å². The molecule has 4 rings (SSSR count). The molecule has 0 saturated heterocycles. The summed E-state index contributed by atoms with van der Waals surface area (Å²) in [6.07, 6.45) is 1.64. The molecule has 0 saturated carbocycles. The highest BCUT2D eigenvalue weighted by Crippen LogP contribution is 2.39. The number of rotatable bonds is 5. The number of aromatic nitrogens is 1. The second-order valence-electron chi connectivity index (χ2n) is 6.02. The highest BCUT2D eigenvalue weighted by atomic mass is 16.6. The van der Waals surface area contributed by atoms with Gasteiger partial charge < -0.3 is 14.2 Å². The predicted octanol–water partition coefficient (Wildman–Crippen LogP) is 5.11. The van der Waals surface area contributed by atoms with Crippen molar-refractivity contribution >= 4 is 27.4 Å². The molecule has 0 aliphatic carbocycles. The van der Waals surface area contributed by atoms with Gasteiger partial charge in [0.05, 0.1) is 30.0 Å². The average Bonchev–Trinajstić information content (AvgIpc) is 2.73. The third kappa shape index (κ3) is 2.92. The normalized spacial score (nSPS) is 10.8. The van der Waals surface area contributed by atoms with E-state index in [4.69, 9.17) is 14.2 Å². The first kappa shape index (κ1) is 17.5. The van der Waals surface area contributed by atoms with Crippen LogP contribution in [0.4, 0.5) is 5.69 Å². The molecule has 0 atom stereocenters. The third-order valence-corrected chi connectivity index (χ3v) is 4.48. The first-order valence-corrected chi connectivity index (χ1v) is 8.47. The molecule has 3 aromatic carbocycles. The first-order valence-electron chi connectivity index (χ1n) is 8.47. The number of fused-ring (bicyclic) bond motifs is 2. The lowest BCUT2D eigenvalue weighted by atomic mass is 10.1. The van der Waals surface area contributed by atoms with Gasteiger partial charge in [-0.25, -0.2) is 0 Å². The summed E-state index contributed by atoms with van der Waals surface area (Å²) in [5, 5.41) is 13.2. The molecule has 1 aromatic heterocycles. The van der Waals surface area contributed by atoms with Crippen LogP contribution in [0.2, 0.25) is 0 Å². The molecule has 0 radical (unpaired) electrons. The lowest BCUT2D eigenvalue weighted by Crippen LogP contribution is -1.94. The fourth-order valence-corrected chi connectivity index (χ4v) is 3.16. The van der Waals surface area contributed by atoms with Gasteiger partial charge in [-0.15, -0.1) is 0 Å². The van der Waals surface area contributed by atoms with E-state index >= 15 is 0 Å². The summed E-state index contributed by atoms with van der Waals surface area (Å²) in [7, 11) is 3.12. The minimum Gasteiger partial charge on any atom is -0.493 e.